The number of nitrogens with one attached hydrogen (secondary N) is 2. The Balaban J connectivity index is 1.89. The molecule has 0 fully saturated rings. The van der Waals surface area contributed by atoms with Crippen molar-refractivity contribution in [2.75, 3.05) is 20.6 Å². The molecule has 0 unspecified atom stereocenters. The highest BCUT2D eigenvalue weighted by molar-refractivity contribution is 5.98. The van der Waals surface area contributed by atoms with Crippen LogP contribution in [-0.2, 0) is 6.54 Å². The summed E-state index contributed by atoms with van der Waals surface area (Å²) in [7, 11) is 3.72. The molecule has 152 valence electrons. The summed E-state index contributed by atoms with van der Waals surface area (Å²) in [5, 5.41) is 10.0. The molecular weight excluding hydrogens is 364 g/mol. The van der Waals surface area contributed by atoms with Gasteiger partial charge in [0.2, 0.25) is 0 Å². The molecule has 2 aromatic carbocycles. The van der Waals surface area contributed by atoms with Gasteiger partial charge in [0.05, 0.1) is 17.5 Å². The van der Waals surface area contributed by atoms with Crippen LogP contribution < -0.4 is 10.1 Å². The Hall–Kier alpha value is -3.12. The SMILES string of the molecule is CCCCN(C)Cc1[nH]ncc1-c1ccc(Oc2ccccc2)c(C(=O)NC)c1. The number of aromatic amines is 1. The van der Waals surface area contributed by atoms with Gasteiger partial charge < -0.3 is 15.0 Å². The Labute approximate surface area is 171 Å². The molecule has 6 heteroatoms. The van der Waals surface area contributed by atoms with Crippen LogP contribution >= 0.6 is 0 Å². The molecule has 0 saturated carbocycles. The predicted molar refractivity (Wildman–Crippen MR) is 115 cm³/mol. The number of H-pyrrole nitrogens is 1. The van der Waals surface area contributed by atoms with Gasteiger partial charge in [-0.1, -0.05) is 37.6 Å². The van der Waals surface area contributed by atoms with Crippen LogP contribution in [0.15, 0.2) is 54.7 Å². The van der Waals surface area contributed by atoms with E-state index in [1.54, 1.807) is 7.05 Å². The predicted octanol–water partition coefficient (Wildman–Crippen LogP) is 4.46. The summed E-state index contributed by atoms with van der Waals surface area (Å²) in [4.78, 5) is 14.8. The van der Waals surface area contributed by atoms with Crippen LogP contribution in [0.4, 0.5) is 0 Å². The average molecular weight is 393 g/mol. The number of amides is 1. The fourth-order valence-corrected chi connectivity index (χ4v) is 3.17. The zero-order valence-electron chi connectivity index (χ0n) is 17.2. The first-order valence-electron chi connectivity index (χ1n) is 9.92. The number of unbranched alkanes of at least 4 members (excludes halogenated alkanes) is 1. The van der Waals surface area contributed by atoms with E-state index in [1.807, 2.05) is 54.7 Å². The van der Waals surface area contributed by atoms with Gasteiger partial charge >= 0.3 is 0 Å². The maximum atomic E-state index is 12.5. The zero-order chi connectivity index (χ0) is 20.6. The number of rotatable bonds is 9. The Morgan fingerprint density at radius 1 is 1.21 bits per heavy atom. The molecule has 1 heterocycles. The van der Waals surface area contributed by atoms with E-state index in [2.05, 4.69) is 34.4 Å². The van der Waals surface area contributed by atoms with Crippen LogP contribution in [0.3, 0.4) is 0 Å². The van der Waals surface area contributed by atoms with E-state index in [4.69, 9.17) is 4.74 Å². The van der Waals surface area contributed by atoms with Crippen molar-refractivity contribution < 1.29 is 9.53 Å². The number of ether oxygens (including phenoxy) is 1. The second-order valence-electron chi connectivity index (χ2n) is 7.06. The Morgan fingerprint density at radius 2 is 2.00 bits per heavy atom. The van der Waals surface area contributed by atoms with Crippen molar-refractivity contribution in [3.63, 3.8) is 0 Å². The standard InChI is InChI=1S/C23H28N4O2/c1-4-5-13-27(3)16-21-20(15-25-26-21)17-11-12-22(19(14-17)23(28)24-2)29-18-9-7-6-8-10-18/h6-12,14-15H,4-5,13,16H2,1-3H3,(H,24,28)(H,25,26). The van der Waals surface area contributed by atoms with Crippen LogP contribution in [0.1, 0.15) is 35.8 Å². The van der Waals surface area contributed by atoms with Crippen LogP contribution in [0.25, 0.3) is 11.1 Å². The zero-order valence-corrected chi connectivity index (χ0v) is 17.2. The van der Waals surface area contributed by atoms with Crippen molar-refractivity contribution in [3.8, 4) is 22.6 Å². The molecule has 0 spiro atoms. The lowest BCUT2D eigenvalue weighted by molar-refractivity contribution is 0.0961. The van der Waals surface area contributed by atoms with Gasteiger partial charge in [0, 0.05) is 19.2 Å². The van der Waals surface area contributed by atoms with E-state index in [1.165, 1.54) is 6.42 Å². The molecule has 3 rings (SSSR count). The third-order valence-electron chi connectivity index (χ3n) is 4.77. The quantitative estimate of drug-likeness (QED) is 0.564. The molecule has 29 heavy (non-hydrogen) atoms. The van der Waals surface area contributed by atoms with E-state index in [9.17, 15) is 4.79 Å². The first-order chi connectivity index (χ1) is 14.1. The van der Waals surface area contributed by atoms with Crippen LogP contribution in [-0.4, -0.2) is 41.6 Å². The fourth-order valence-electron chi connectivity index (χ4n) is 3.17. The van der Waals surface area contributed by atoms with E-state index in [0.717, 1.165) is 36.3 Å². The number of para-hydroxylation sites is 1. The fraction of sp³-hybridized carbons (Fsp3) is 0.304. The summed E-state index contributed by atoms with van der Waals surface area (Å²) < 4.78 is 5.95. The summed E-state index contributed by atoms with van der Waals surface area (Å²) in [6.07, 6.45) is 4.13. The van der Waals surface area contributed by atoms with Crippen LogP contribution in [0.5, 0.6) is 11.5 Å². The lowest BCUT2D eigenvalue weighted by Crippen LogP contribution is -2.20. The number of benzene rings is 2. The number of hydrogen-bond acceptors (Lipinski definition) is 4. The molecule has 3 aromatic rings. The van der Waals surface area contributed by atoms with Gasteiger partial charge in [-0.25, -0.2) is 0 Å². The molecule has 0 atom stereocenters. The molecule has 1 aromatic heterocycles. The Kier molecular flexibility index (Phi) is 7.03. The average Bonchev–Trinajstić information content (AvgIpc) is 3.20. The van der Waals surface area contributed by atoms with E-state index in [-0.39, 0.29) is 5.91 Å². The van der Waals surface area contributed by atoms with Crippen molar-refractivity contribution in [1.29, 1.82) is 0 Å². The van der Waals surface area contributed by atoms with Gasteiger partial charge in [0.25, 0.3) is 5.91 Å². The smallest absolute Gasteiger partial charge is 0.254 e. The van der Waals surface area contributed by atoms with Crippen molar-refractivity contribution in [2.45, 2.75) is 26.3 Å². The molecule has 0 aliphatic rings. The second kappa shape index (κ2) is 9.89. The normalized spacial score (nSPS) is 10.9. The summed E-state index contributed by atoms with van der Waals surface area (Å²) in [5.74, 6) is 1.01. The number of carbonyl (C=O) groups excluding carboxylic acids is 1. The van der Waals surface area contributed by atoms with Crippen molar-refractivity contribution in [2.24, 2.45) is 0 Å². The number of carbonyl (C=O) groups is 1. The second-order valence-corrected chi connectivity index (χ2v) is 7.06. The van der Waals surface area contributed by atoms with Gasteiger partial charge in [0.15, 0.2) is 0 Å². The van der Waals surface area contributed by atoms with E-state index in [0.29, 0.717) is 17.1 Å². The lowest BCUT2D eigenvalue weighted by Gasteiger charge is -2.16. The first-order valence-corrected chi connectivity index (χ1v) is 9.92. The Morgan fingerprint density at radius 3 is 2.72 bits per heavy atom. The maximum Gasteiger partial charge on any atom is 0.254 e. The minimum Gasteiger partial charge on any atom is -0.457 e. The number of nitrogens with zero attached hydrogens (tertiary/aromatic N) is 2. The Bertz CT molecular complexity index is 937. The maximum absolute atomic E-state index is 12.5. The molecule has 0 saturated heterocycles. The summed E-state index contributed by atoms with van der Waals surface area (Å²) in [6.45, 7) is 3.99. The van der Waals surface area contributed by atoms with Crippen molar-refractivity contribution >= 4 is 5.91 Å². The van der Waals surface area contributed by atoms with Gasteiger partial charge in [0.1, 0.15) is 11.5 Å². The van der Waals surface area contributed by atoms with Crippen LogP contribution in [0, 0.1) is 0 Å². The molecule has 0 radical (unpaired) electrons. The highest BCUT2D eigenvalue weighted by Crippen LogP contribution is 2.31. The monoisotopic (exact) mass is 392 g/mol. The van der Waals surface area contributed by atoms with E-state index < -0.39 is 0 Å². The molecule has 0 aliphatic heterocycles. The lowest BCUT2D eigenvalue weighted by atomic mass is 10.0. The largest absolute Gasteiger partial charge is 0.457 e. The minimum absolute atomic E-state index is 0.192. The highest BCUT2D eigenvalue weighted by atomic mass is 16.5. The van der Waals surface area contributed by atoms with E-state index >= 15 is 0 Å². The molecule has 0 bridgehead atoms. The number of aromatic nitrogens is 2. The highest BCUT2D eigenvalue weighted by Gasteiger charge is 2.17. The third kappa shape index (κ3) is 5.23. The third-order valence-corrected chi connectivity index (χ3v) is 4.77. The van der Waals surface area contributed by atoms with Crippen LogP contribution in [0.2, 0.25) is 0 Å². The van der Waals surface area contributed by atoms with Gasteiger partial charge in [-0.2, -0.15) is 5.10 Å². The molecule has 6 nitrogen and oxygen atoms in total. The summed E-state index contributed by atoms with van der Waals surface area (Å²) >= 11 is 0. The van der Waals surface area contributed by atoms with Crippen molar-refractivity contribution in [1.82, 2.24) is 20.4 Å². The molecule has 0 aliphatic carbocycles. The van der Waals surface area contributed by atoms with Crippen molar-refractivity contribution in [3.05, 3.63) is 66.0 Å². The molecule has 1 amide bonds. The van der Waals surface area contributed by atoms with Gasteiger partial charge in [-0.05, 0) is 49.8 Å². The van der Waals surface area contributed by atoms with Gasteiger partial charge in [-0.15, -0.1) is 0 Å². The molecular formula is C23H28N4O2. The summed E-state index contributed by atoms with van der Waals surface area (Å²) in [5.41, 5.74) is 3.44. The van der Waals surface area contributed by atoms with Gasteiger partial charge in [-0.3, -0.25) is 9.89 Å². The molecule has 2 N–H and O–H groups in total. The summed E-state index contributed by atoms with van der Waals surface area (Å²) in [6, 6.07) is 15.1. The minimum atomic E-state index is -0.192. The number of hydrogen-bond donors (Lipinski definition) is 2. The first kappa shape index (κ1) is 20.6. The topological polar surface area (TPSA) is 70.2 Å².